The average molecular weight is 165 g/mol. The Morgan fingerprint density at radius 1 is 1.67 bits per heavy atom. The minimum absolute atomic E-state index is 0.0388. The lowest BCUT2D eigenvalue weighted by molar-refractivity contribution is 0.140. The van der Waals surface area contributed by atoms with Gasteiger partial charge in [0.15, 0.2) is 0 Å². The lowest BCUT2D eigenvalue weighted by Crippen LogP contribution is -2.43. The van der Waals surface area contributed by atoms with Gasteiger partial charge in [0.25, 0.3) is 0 Å². The van der Waals surface area contributed by atoms with Crippen LogP contribution in [0.2, 0.25) is 0 Å². The highest BCUT2D eigenvalue weighted by atomic mass is 16.6. The highest BCUT2D eigenvalue weighted by molar-refractivity contribution is 5.73. The monoisotopic (exact) mass is 165 g/mol. The van der Waals surface area contributed by atoms with Crippen molar-refractivity contribution in [3.63, 3.8) is 0 Å². The normalized spacial score (nSPS) is 43.2. The SMILES string of the molecule is O=C1O[C@H]2C=CC[C@]23CCCN13. The maximum absolute atomic E-state index is 11.3. The van der Waals surface area contributed by atoms with Crippen LogP contribution in [-0.4, -0.2) is 29.2 Å². The van der Waals surface area contributed by atoms with Crippen LogP contribution in [0.15, 0.2) is 12.2 Å². The molecule has 0 aromatic rings. The molecule has 1 amide bonds. The molecule has 2 heterocycles. The Hall–Kier alpha value is -0.990. The second-order valence-electron chi connectivity index (χ2n) is 3.80. The molecule has 0 radical (unpaired) electrons. The molecule has 1 aliphatic carbocycles. The summed E-state index contributed by atoms with van der Waals surface area (Å²) in [6.07, 6.45) is 7.33. The van der Waals surface area contributed by atoms with Crippen molar-refractivity contribution in [1.82, 2.24) is 4.90 Å². The van der Waals surface area contributed by atoms with Gasteiger partial charge in [-0.1, -0.05) is 6.08 Å². The van der Waals surface area contributed by atoms with E-state index in [1.54, 1.807) is 0 Å². The second-order valence-corrected chi connectivity index (χ2v) is 3.80. The molecule has 3 nitrogen and oxygen atoms in total. The smallest absolute Gasteiger partial charge is 0.411 e. The first-order valence-electron chi connectivity index (χ1n) is 4.48. The Morgan fingerprint density at radius 2 is 2.58 bits per heavy atom. The van der Waals surface area contributed by atoms with Crippen molar-refractivity contribution in [2.45, 2.75) is 30.9 Å². The van der Waals surface area contributed by atoms with Gasteiger partial charge < -0.3 is 4.74 Å². The van der Waals surface area contributed by atoms with Crippen molar-refractivity contribution in [2.24, 2.45) is 0 Å². The van der Waals surface area contributed by atoms with Gasteiger partial charge in [0.05, 0.1) is 5.54 Å². The van der Waals surface area contributed by atoms with Gasteiger partial charge in [-0.15, -0.1) is 0 Å². The average Bonchev–Trinajstić information content (AvgIpc) is 2.63. The fourth-order valence-corrected chi connectivity index (χ4v) is 2.69. The van der Waals surface area contributed by atoms with Crippen LogP contribution in [0.1, 0.15) is 19.3 Å². The second kappa shape index (κ2) is 1.84. The van der Waals surface area contributed by atoms with E-state index in [-0.39, 0.29) is 17.7 Å². The van der Waals surface area contributed by atoms with Crippen LogP contribution >= 0.6 is 0 Å². The first-order valence-corrected chi connectivity index (χ1v) is 4.48. The molecule has 0 bridgehead atoms. The number of nitrogens with zero attached hydrogens (tertiary/aromatic N) is 1. The number of hydrogen-bond donors (Lipinski definition) is 0. The van der Waals surface area contributed by atoms with E-state index in [0.717, 1.165) is 25.8 Å². The van der Waals surface area contributed by atoms with Gasteiger partial charge >= 0.3 is 6.09 Å². The van der Waals surface area contributed by atoms with Crippen LogP contribution in [0.25, 0.3) is 0 Å². The zero-order valence-electron chi connectivity index (χ0n) is 6.82. The number of carbonyl (C=O) groups excluding carboxylic acids is 1. The third-order valence-electron chi connectivity index (χ3n) is 3.29. The summed E-state index contributed by atoms with van der Waals surface area (Å²) in [4.78, 5) is 13.2. The van der Waals surface area contributed by atoms with Crippen LogP contribution in [0.4, 0.5) is 4.79 Å². The van der Waals surface area contributed by atoms with Crippen molar-refractivity contribution in [2.75, 3.05) is 6.54 Å². The van der Waals surface area contributed by atoms with Crippen LogP contribution in [0, 0.1) is 0 Å². The van der Waals surface area contributed by atoms with E-state index in [0.29, 0.717) is 0 Å². The minimum atomic E-state index is -0.109. The van der Waals surface area contributed by atoms with Crippen LogP contribution < -0.4 is 0 Å². The molecule has 12 heavy (non-hydrogen) atoms. The molecule has 3 rings (SSSR count). The Balaban J connectivity index is 2.06. The number of carbonyl (C=O) groups is 1. The molecule has 2 fully saturated rings. The van der Waals surface area contributed by atoms with E-state index in [2.05, 4.69) is 6.08 Å². The lowest BCUT2D eigenvalue weighted by atomic mass is 9.92. The highest BCUT2D eigenvalue weighted by Crippen LogP contribution is 2.45. The van der Waals surface area contributed by atoms with Crippen molar-refractivity contribution in [1.29, 1.82) is 0 Å². The molecule has 2 aliphatic heterocycles. The van der Waals surface area contributed by atoms with Crippen LogP contribution in [0.5, 0.6) is 0 Å². The van der Waals surface area contributed by atoms with Crippen molar-refractivity contribution < 1.29 is 9.53 Å². The molecule has 3 aliphatic rings. The number of amides is 1. The van der Waals surface area contributed by atoms with Gasteiger partial charge in [0, 0.05) is 6.54 Å². The fourth-order valence-electron chi connectivity index (χ4n) is 2.69. The summed E-state index contributed by atoms with van der Waals surface area (Å²) < 4.78 is 5.24. The van der Waals surface area contributed by atoms with E-state index in [1.807, 2.05) is 11.0 Å². The third kappa shape index (κ3) is 0.531. The zero-order chi connectivity index (χ0) is 8.18. The van der Waals surface area contributed by atoms with Crippen molar-refractivity contribution in [3.05, 3.63) is 12.2 Å². The first-order chi connectivity index (χ1) is 5.83. The molecular weight excluding hydrogens is 154 g/mol. The summed E-state index contributed by atoms with van der Waals surface area (Å²) in [6.45, 7) is 0.886. The topological polar surface area (TPSA) is 29.5 Å². The summed E-state index contributed by atoms with van der Waals surface area (Å²) in [5.41, 5.74) is 0.0388. The van der Waals surface area contributed by atoms with E-state index < -0.39 is 0 Å². The van der Waals surface area contributed by atoms with Gasteiger partial charge in [-0.2, -0.15) is 0 Å². The van der Waals surface area contributed by atoms with Crippen molar-refractivity contribution in [3.8, 4) is 0 Å². The third-order valence-corrected chi connectivity index (χ3v) is 3.29. The number of ether oxygens (including phenoxy) is 1. The van der Waals surface area contributed by atoms with E-state index in [1.165, 1.54) is 0 Å². The first kappa shape index (κ1) is 6.52. The predicted molar refractivity (Wildman–Crippen MR) is 42.7 cm³/mol. The van der Waals surface area contributed by atoms with Crippen LogP contribution in [-0.2, 0) is 4.74 Å². The van der Waals surface area contributed by atoms with Gasteiger partial charge in [-0.25, -0.2) is 4.79 Å². The standard InChI is InChI=1S/C9H11NO2/c11-8-10-6-2-5-9(10)4-1-3-7(9)12-8/h1,3,7H,2,4-6H2/t7-,9-/m0/s1. The lowest BCUT2D eigenvalue weighted by Gasteiger charge is -2.27. The largest absolute Gasteiger partial charge is 0.439 e. The maximum Gasteiger partial charge on any atom is 0.411 e. The minimum Gasteiger partial charge on any atom is -0.439 e. The van der Waals surface area contributed by atoms with Crippen LogP contribution in [0.3, 0.4) is 0 Å². The molecule has 2 saturated heterocycles. The van der Waals surface area contributed by atoms with E-state index in [4.69, 9.17) is 4.74 Å². The molecule has 0 saturated carbocycles. The molecule has 0 aromatic heterocycles. The zero-order valence-corrected chi connectivity index (χ0v) is 6.82. The van der Waals surface area contributed by atoms with E-state index >= 15 is 0 Å². The molecular formula is C9H11NO2. The highest BCUT2D eigenvalue weighted by Gasteiger charge is 2.57. The summed E-state index contributed by atoms with van der Waals surface area (Å²) >= 11 is 0. The fraction of sp³-hybridized carbons (Fsp3) is 0.667. The molecule has 0 aromatic carbocycles. The summed E-state index contributed by atoms with van der Waals surface area (Å²) in [6, 6.07) is 0. The Labute approximate surface area is 71.0 Å². The van der Waals surface area contributed by atoms with Gasteiger partial charge in [0.1, 0.15) is 6.10 Å². The summed E-state index contributed by atoms with van der Waals surface area (Å²) in [7, 11) is 0. The quantitative estimate of drug-likeness (QED) is 0.506. The maximum atomic E-state index is 11.3. The predicted octanol–water partition coefficient (Wildman–Crippen LogP) is 1.30. The summed E-state index contributed by atoms with van der Waals surface area (Å²) in [5, 5.41) is 0. The number of rotatable bonds is 0. The Morgan fingerprint density at radius 3 is 3.50 bits per heavy atom. The molecule has 3 heteroatoms. The van der Waals surface area contributed by atoms with Gasteiger partial charge in [-0.05, 0) is 25.3 Å². The van der Waals surface area contributed by atoms with Gasteiger partial charge in [0.2, 0.25) is 0 Å². The molecule has 2 atom stereocenters. The van der Waals surface area contributed by atoms with E-state index in [9.17, 15) is 4.79 Å². The molecule has 1 spiro atoms. The Bertz CT molecular complexity index is 274. The van der Waals surface area contributed by atoms with Gasteiger partial charge in [-0.3, -0.25) is 4.90 Å². The van der Waals surface area contributed by atoms with Crippen molar-refractivity contribution >= 4 is 6.09 Å². The Kier molecular flexibility index (Phi) is 1.000. The number of hydrogen-bond acceptors (Lipinski definition) is 2. The molecule has 64 valence electrons. The molecule has 0 unspecified atom stereocenters. The molecule has 0 N–H and O–H groups in total. The summed E-state index contributed by atoms with van der Waals surface area (Å²) in [5.74, 6) is 0.